The number of nitrogens with one attached hydrogen (secondary N) is 1. The molecule has 1 aliphatic heterocycles. The molecule has 5 rings (SSSR count). The molecule has 0 atom stereocenters. The van der Waals surface area contributed by atoms with Crippen molar-refractivity contribution in [3.8, 4) is 11.3 Å². The number of aromatic nitrogens is 3. The number of carbonyl (C=O) groups excluding carboxylic acids is 1. The Labute approximate surface area is 176 Å². The minimum Gasteiger partial charge on any atom is -0.444 e. The van der Waals surface area contributed by atoms with E-state index in [1.54, 1.807) is 10.8 Å². The van der Waals surface area contributed by atoms with Crippen LogP contribution in [0.3, 0.4) is 0 Å². The highest BCUT2D eigenvalue weighted by Crippen LogP contribution is 2.29. The van der Waals surface area contributed by atoms with E-state index in [9.17, 15) is 9.59 Å². The van der Waals surface area contributed by atoms with Crippen LogP contribution >= 0.6 is 11.3 Å². The predicted molar refractivity (Wildman–Crippen MR) is 116 cm³/mol. The zero-order valence-electron chi connectivity index (χ0n) is 16.5. The molecule has 152 valence electrons. The molecule has 0 aliphatic carbocycles. The van der Waals surface area contributed by atoms with Gasteiger partial charge in [-0.3, -0.25) is 14.2 Å². The Bertz CT molecular complexity index is 1290. The average molecular weight is 420 g/mol. The number of amides is 1. The standard InChI is InChI=1S/C22H20N4O3S/c1-13-18-21(25-17-5-3-2-4-10-26(17)22(18)28)30-19(13)20(27)24-15-8-6-14(7-9-15)16-11-23-12-29-16/h6-9,11-12H,2-5,10H2,1H3,(H,24,27). The van der Waals surface area contributed by atoms with E-state index in [0.29, 0.717) is 38.6 Å². The Hall–Kier alpha value is -3.26. The van der Waals surface area contributed by atoms with Gasteiger partial charge in [0.15, 0.2) is 12.2 Å². The minimum atomic E-state index is -0.234. The van der Waals surface area contributed by atoms with Crippen LogP contribution in [0.1, 0.15) is 40.3 Å². The number of hydrogen-bond acceptors (Lipinski definition) is 6. The number of benzene rings is 1. The molecule has 1 N–H and O–H groups in total. The van der Waals surface area contributed by atoms with Crippen LogP contribution in [0.25, 0.3) is 21.5 Å². The molecule has 1 amide bonds. The van der Waals surface area contributed by atoms with Crippen LogP contribution in [-0.2, 0) is 13.0 Å². The van der Waals surface area contributed by atoms with Crippen LogP contribution in [0.15, 0.2) is 46.1 Å². The van der Waals surface area contributed by atoms with Crippen molar-refractivity contribution in [3.05, 3.63) is 63.5 Å². The van der Waals surface area contributed by atoms with Crippen molar-refractivity contribution in [1.82, 2.24) is 14.5 Å². The molecule has 4 heterocycles. The van der Waals surface area contributed by atoms with Crippen LogP contribution in [0, 0.1) is 6.92 Å². The Morgan fingerprint density at radius 3 is 2.80 bits per heavy atom. The second-order valence-electron chi connectivity index (χ2n) is 7.43. The van der Waals surface area contributed by atoms with Crippen molar-refractivity contribution in [2.45, 2.75) is 39.2 Å². The highest BCUT2D eigenvalue weighted by Gasteiger charge is 2.22. The lowest BCUT2D eigenvalue weighted by atomic mass is 10.1. The largest absolute Gasteiger partial charge is 0.444 e. The summed E-state index contributed by atoms with van der Waals surface area (Å²) in [7, 11) is 0. The highest BCUT2D eigenvalue weighted by atomic mass is 32.1. The van der Waals surface area contributed by atoms with E-state index in [1.165, 1.54) is 17.7 Å². The smallest absolute Gasteiger partial charge is 0.266 e. The molecule has 0 saturated carbocycles. The van der Waals surface area contributed by atoms with Crippen molar-refractivity contribution in [3.63, 3.8) is 0 Å². The molecule has 0 bridgehead atoms. The van der Waals surface area contributed by atoms with E-state index in [1.807, 2.05) is 31.2 Å². The molecule has 7 nitrogen and oxygen atoms in total. The third kappa shape index (κ3) is 3.23. The molecule has 30 heavy (non-hydrogen) atoms. The molecule has 8 heteroatoms. The number of hydrogen-bond donors (Lipinski definition) is 1. The Morgan fingerprint density at radius 1 is 1.20 bits per heavy atom. The van der Waals surface area contributed by atoms with Gasteiger partial charge in [-0.05, 0) is 49.6 Å². The number of fused-ring (bicyclic) bond motifs is 2. The van der Waals surface area contributed by atoms with Crippen molar-refractivity contribution in [2.75, 3.05) is 5.32 Å². The molecule has 0 radical (unpaired) electrons. The van der Waals surface area contributed by atoms with Gasteiger partial charge in [0, 0.05) is 24.2 Å². The van der Waals surface area contributed by atoms with E-state index in [2.05, 4.69) is 10.3 Å². The fourth-order valence-corrected chi connectivity index (χ4v) is 4.98. The topological polar surface area (TPSA) is 90.0 Å². The Balaban J connectivity index is 1.46. The highest BCUT2D eigenvalue weighted by molar-refractivity contribution is 7.20. The van der Waals surface area contributed by atoms with Crippen LogP contribution in [0.4, 0.5) is 5.69 Å². The lowest BCUT2D eigenvalue weighted by Crippen LogP contribution is -2.24. The van der Waals surface area contributed by atoms with Gasteiger partial charge >= 0.3 is 0 Å². The first-order valence-electron chi connectivity index (χ1n) is 9.95. The van der Waals surface area contributed by atoms with Gasteiger partial charge in [-0.25, -0.2) is 9.97 Å². The minimum absolute atomic E-state index is 0.0267. The van der Waals surface area contributed by atoms with Crippen LogP contribution < -0.4 is 10.9 Å². The van der Waals surface area contributed by atoms with Gasteiger partial charge in [0.25, 0.3) is 11.5 Å². The summed E-state index contributed by atoms with van der Waals surface area (Å²) in [6.45, 7) is 2.53. The van der Waals surface area contributed by atoms with Crippen LogP contribution in [0.5, 0.6) is 0 Å². The zero-order valence-corrected chi connectivity index (χ0v) is 17.3. The van der Waals surface area contributed by atoms with Gasteiger partial charge in [-0.2, -0.15) is 0 Å². The second kappa shape index (κ2) is 7.53. The lowest BCUT2D eigenvalue weighted by Gasteiger charge is -2.08. The number of aryl methyl sites for hydroxylation is 2. The van der Waals surface area contributed by atoms with Gasteiger partial charge in [-0.15, -0.1) is 11.3 Å². The Morgan fingerprint density at radius 2 is 2.03 bits per heavy atom. The normalized spacial score (nSPS) is 13.8. The molecule has 0 spiro atoms. The van der Waals surface area contributed by atoms with E-state index >= 15 is 0 Å². The van der Waals surface area contributed by atoms with Gasteiger partial charge < -0.3 is 9.73 Å². The first kappa shape index (κ1) is 18.7. The second-order valence-corrected chi connectivity index (χ2v) is 8.43. The SMILES string of the molecule is Cc1c(C(=O)Nc2ccc(-c3cnco3)cc2)sc2nc3n(c(=O)c12)CCCCC3. The first-order valence-corrected chi connectivity index (χ1v) is 10.8. The maximum atomic E-state index is 13.1. The van der Waals surface area contributed by atoms with Gasteiger partial charge in [0.1, 0.15) is 10.7 Å². The summed E-state index contributed by atoms with van der Waals surface area (Å²) < 4.78 is 7.08. The average Bonchev–Trinajstić information content (AvgIpc) is 3.32. The number of oxazole rings is 1. The number of anilines is 1. The summed E-state index contributed by atoms with van der Waals surface area (Å²) in [6.07, 6.45) is 6.96. The Kier molecular flexibility index (Phi) is 4.71. The van der Waals surface area contributed by atoms with E-state index < -0.39 is 0 Å². The number of rotatable bonds is 3. The fourth-order valence-electron chi connectivity index (χ4n) is 3.89. The maximum absolute atomic E-state index is 13.1. The number of carbonyl (C=O) groups is 1. The van der Waals surface area contributed by atoms with Crippen molar-refractivity contribution in [1.29, 1.82) is 0 Å². The molecule has 3 aromatic heterocycles. The van der Waals surface area contributed by atoms with Crippen molar-refractivity contribution >= 4 is 33.1 Å². The number of thiophene rings is 1. The molecule has 1 aliphatic rings. The summed E-state index contributed by atoms with van der Waals surface area (Å²) in [6, 6.07) is 7.35. The van der Waals surface area contributed by atoms with Crippen LogP contribution in [0.2, 0.25) is 0 Å². The van der Waals surface area contributed by atoms with Gasteiger partial charge in [0.05, 0.1) is 16.5 Å². The maximum Gasteiger partial charge on any atom is 0.266 e. The fraction of sp³-hybridized carbons (Fsp3) is 0.273. The molecule has 0 unspecified atom stereocenters. The van der Waals surface area contributed by atoms with E-state index in [0.717, 1.165) is 37.1 Å². The molecular weight excluding hydrogens is 400 g/mol. The van der Waals surface area contributed by atoms with Crippen molar-refractivity contribution < 1.29 is 9.21 Å². The summed E-state index contributed by atoms with van der Waals surface area (Å²) in [4.78, 5) is 35.8. The summed E-state index contributed by atoms with van der Waals surface area (Å²) in [5.41, 5.74) is 2.21. The summed E-state index contributed by atoms with van der Waals surface area (Å²) in [5, 5.41) is 3.49. The number of nitrogens with zero attached hydrogens (tertiary/aromatic N) is 3. The predicted octanol–water partition coefficient (Wildman–Crippen LogP) is 4.40. The molecule has 4 aromatic rings. The third-order valence-corrected chi connectivity index (χ3v) is 6.66. The quantitative estimate of drug-likeness (QED) is 0.531. The molecular formula is C22H20N4O3S. The van der Waals surface area contributed by atoms with Gasteiger partial charge in [0.2, 0.25) is 0 Å². The monoisotopic (exact) mass is 420 g/mol. The summed E-state index contributed by atoms with van der Waals surface area (Å²) in [5.74, 6) is 1.27. The summed E-state index contributed by atoms with van der Waals surface area (Å²) >= 11 is 1.29. The molecule has 1 aromatic carbocycles. The van der Waals surface area contributed by atoms with Crippen molar-refractivity contribution in [2.24, 2.45) is 0 Å². The first-order chi connectivity index (χ1) is 14.6. The van der Waals surface area contributed by atoms with E-state index in [4.69, 9.17) is 9.40 Å². The third-order valence-electron chi connectivity index (χ3n) is 5.48. The lowest BCUT2D eigenvalue weighted by molar-refractivity contribution is 0.103. The molecule has 0 saturated heterocycles. The van der Waals surface area contributed by atoms with Gasteiger partial charge in [-0.1, -0.05) is 6.42 Å². The zero-order chi connectivity index (χ0) is 20.7. The molecule has 0 fully saturated rings. The van der Waals surface area contributed by atoms with Crippen LogP contribution in [-0.4, -0.2) is 20.4 Å². The van der Waals surface area contributed by atoms with E-state index in [-0.39, 0.29) is 11.5 Å².